The second-order valence-corrected chi connectivity index (χ2v) is 20.0. The van der Waals surface area contributed by atoms with Crippen LogP contribution in [0.15, 0.2) is 72.8 Å². The molecule has 2 saturated heterocycles. The van der Waals surface area contributed by atoms with Crippen LogP contribution in [0.1, 0.15) is 128 Å². The van der Waals surface area contributed by atoms with E-state index in [1.54, 1.807) is 0 Å². The molecule has 0 amide bonds. The lowest BCUT2D eigenvalue weighted by Crippen LogP contribution is -2.64. The number of fused-ring (bicyclic) bond motifs is 10. The summed E-state index contributed by atoms with van der Waals surface area (Å²) in [5.41, 5.74) is 14.8. The summed E-state index contributed by atoms with van der Waals surface area (Å²) in [5.74, 6) is 0. The third-order valence-electron chi connectivity index (χ3n) is 12.3. The van der Waals surface area contributed by atoms with Gasteiger partial charge in [-0.3, -0.25) is 0 Å². The van der Waals surface area contributed by atoms with Crippen LogP contribution in [-0.4, -0.2) is 33.4 Å². The van der Waals surface area contributed by atoms with Gasteiger partial charge in [-0.15, -0.1) is 0 Å². The Kier molecular flexibility index (Phi) is 7.46. The van der Waals surface area contributed by atoms with Crippen molar-refractivity contribution in [2.75, 3.05) is 26.4 Å². The molecule has 4 aliphatic rings. The van der Waals surface area contributed by atoms with E-state index in [1.165, 1.54) is 66.8 Å². The Bertz CT molecular complexity index is 1760. The molecule has 2 fully saturated rings. The molecular formula is C46H56BO4-. The molecule has 8 rings (SSSR count). The Morgan fingerprint density at radius 1 is 0.373 bits per heavy atom. The van der Waals surface area contributed by atoms with Crippen LogP contribution in [0.3, 0.4) is 0 Å². The lowest BCUT2D eigenvalue weighted by molar-refractivity contribution is -0.117. The SMILES string of the molecule is CC(C)(C)c1ccc2c(c1)-c1cc(C(C)(C)C)ccc1C21CO[B-]2(OC1)OCC1(CO2)c2ccc(C(C)(C)C)cc2-c2cc(C(C)(C)C)ccc21. The van der Waals surface area contributed by atoms with Crippen LogP contribution in [0.5, 0.6) is 0 Å². The van der Waals surface area contributed by atoms with Crippen molar-refractivity contribution in [1.82, 2.24) is 0 Å². The van der Waals surface area contributed by atoms with Gasteiger partial charge in [0, 0.05) is 26.4 Å². The van der Waals surface area contributed by atoms with Crippen molar-refractivity contribution in [2.24, 2.45) is 0 Å². The molecule has 3 spiro atoms. The van der Waals surface area contributed by atoms with Crippen molar-refractivity contribution in [3.05, 3.63) is 117 Å². The van der Waals surface area contributed by atoms with E-state index in [0.717, 1.165) is 0 Å². The van der Waals surface area contributed by atoms with Gasteiger partial charge in [0.15, 0.2) is 0 Å². The molecule has 0 radical (unpaired) electrons. The zero-order valence-corrected chi connectivity index (χ0v) is 33.0. The van der Waals surface area contributed by atoms with Crippen LogP contribution in [0.2, 0.25) is 0 Å². The fraction of sp³-hybridized carbons (Fsp3) is 0.478. The fourth-order valence-corrected chi connectivity index (χ4v) is 8.87. The van der Waals surface area contributed by atoms with E-state index in [0.29, 0.717) is 26.4 Å². The third kappa shape index (κ3) is 5.32. The Morgan fingerprint density at radius 2 is 0.588 bits per heavy atom. The minimum Gasteiger partial charge on any atom is -0.517 e. The van der Waals surface area contributed by atoms with Crippen molar-refractivity contribution in [3.8, 4) is 22.3 Å². The van der Waals surface area contributed by atoms with Crippen LogP contribution in [-0.2, 0) is 51.1 Å². The summed E-state index contributed by atoms with van der Waals surface area (Å²) in [5, 5.41) is 0. The Morgan fingerprint density at radius 3 is 0.784 bits per heavy atom. The lowest BCUT2D eigenvalue weighted by Gasteiger charge is -2.56. The van der Waals surface area contributed by atoms with E-state index < -0.39 is 17.8 Å². The first-order chi connectivity index (χ1) is 23.7. The maximum Gasteiger partial charge on any atom is 0.531 e. The first-order valence-electron chi connectivity index (χ1n) is 19.0. The minimum atomic E-state index is -2.38. The van der Waals surface area contributed by atoms with Crippen LogP contribution in [0, 0.1) is 0 Å². The molecule has 268 valence electrons. The largest absolute Gasteiger partial charge is 0.531 e. The van der Waals surface area contributed by atoms with Crippen molar-refractivity contribution in [2.45, 2.75) is 116 Å². The van der Waals surface area contributed by atoms with E-state index in [2.05, 4.69) is 156 Å². The lowest BCUT2D eigenvalue weighted by atomic mass is 9.74. The molecule has 0 aromatic heterocycles. The van der Waals surface area contributed by atoms with Crippen LogP contribution in [0.4, 0.5) is 0 Å². The zero-order chi connectivity index (χ0) is 36.6. The van der Waals surface area contributed by atoms with Crippen molar-refractivity contribution in [3.63, 3.8) is 0 Å². The molecule has 2 heterocycles. The second-order valence-electron chi connectivity index (χ2n) is 20.0. The van der Waals surface area contributed by atoms with Gasteiger partial charge in [-0.1, -0.05) is 156 Å². The van der Waals surface area contributed by atoms with E-state index in [-0.39, 0.29) is 21.7 Å². The predicted molar refractivity (Wildman–Crippen MR) is 210 cm³/mol. The predicted octanol–water partition coefficient (Wildman–Crippen LogP) is 10.6. The van der Waals surface area contributed by atoms with Crippen molar-refractivity contribution in [1.29, 1.82) is 0 Å². The highest BCUT2D eigenvalue weighted by molar-refractivity contribution is 6.54. The molecule has 2 aliphatic carbocycles. The highest BCUT2D eigenvalue weighted by Gasteiger charge is 2.55. The zero-order valence-electron chi connectivity index (χ0n) is 33.0. The van der Waals surface area contributed by atoms with E-state index in [4.69, 9.17) is 18.6 Å². The minimum absolute atomic E-state index is 0.0408. The average molecular weight is 684 g/mol. The molecule has 4 aromatic carbocycles. The molecule has 0 atom stereocenters. The summed E-state index contributed by atoms with van der Waals surface area (Å²) in [6.45, 7) is 26.7. The quantitative estimate of drug-likeness (QED) is 0.173. The van der Waals surface area contributed by atoms with E-state index >= 15 is 0 Å². The number of rotatable bonds is 0. The van der Waals surface area contributed by atoms with Gasteiger partial charge in [-0.25, -0.2) is 0 Å². The van der Waals surface area contributed by atoms with Gasteiger partial charge in [-0.05, 0) is 88.4 Å². The molecule has 51 heavy (non-hydrogen) atoms. The third-order valence-corrected chi connectivity index (χ3v) is 12.3. The second kappa shape index (κ2) is 10.9. The Labute approximate surface area is 306 Å². The summed E-state index contributed by atoms with van der Waals surface area (Å²) >= 11 is 0. The number of hydrogen-bond acceptors (Lipinski definition) is 4. The maximum absolute atomic E-state index is 6.76. The number of hydrogen-bond donors (Lipinski definition) is 0. The summed E-state index contributed by atoms with van der Waals surface area (Å²) in [6, 6.07) is 28.0. The fourth-order valence-electron chi connectivity index (χ4n) is 8.87. The van der Waals surface area contributed by atoms with Gasteiger partial charge in [0.2, 0.25) is 0 Å². The highest BCUT2D eigenvalue weighted by Crippen LogP contribution is 2.56. The highest BCUT2D eigenvalue weighted by atomic mass is 16.9. The van der Waals surface area contributed by atoms with E-state index in [9.17, 15) is 0 Å². The molecule has 0 saturated carbocycles. The van der Waals surface area contributed by atoms with Crippen molar-refractivity contribution >= 4 is 6.96 Å². The van der Waals surface area contributed by atoms with Crippen LogP contribution >= 0.6 is 0 Å². The normalized spacial score (nSPS) is 20.0. The monoisotopic (exact) mass is 683 g/mol. The first kappa shape index (κ1) is 34.8. The molecule has 4 nitrogen and oxygen atoms in total. The standard InChI is InChI=1S/C46H56BO4/c1-41(2,3)29-13-17-37-33(21-29)34-22-30(42(4,5)6)14-18-38(34)45(37)25-48-47(49-26-45)50-27-46(28-51-47)39-19-15-31(43(7,8)9)23-35(39)36-24-32(44(10,11)12)16-20-40(36)46/h13-24H,25-28H2,1-12H3/q-1. The summed E-state index contributed by atoms with van der Waals surface area (Å²) < 4.78 is 27.0. The van der Waals surface area contributed by atoms with E-state index in [1.807, 2.05) is 0 Å². The molecule has 2 aliphatic heterocycles. The van der Waals surface area contributed by atoms with Gasteiger partial charge < -0.3 is 18.6 Å². The van der Waals surface area contributed by atoms with Gasteiger partial charge in [0.25, 0.3) is 0 Å². The summed E-state index contributed by atoms with van der Waals surface area (Å²) in [7, 11) is 0. The van der Waals surface area contributed by atoms with Gasteiger partial charge in [0.05, 0.1) is 10.8 Å². The van der Waals surface area contributed by atoms with Gasteiger partial charge >= 0.3 is 6.96 Å². The Hall–Kier alpha value is -3.22. The molecule has 0 unspecified atom stereocenters. The average Bonchev–Trinajstić information content (AvgIpc) is 3.48. The first-order valence-corrected chi connectivity index (χ1v) is 19.0. The molecule has 4 aromatic rings. The topological polar surface area (TPSA) is 36.9 Å². The Balaban J connectivity index is 1.13. The summed E-state index contributed by atoms with van der Waals surface area (Å²) in [4.78, 5) is 0. The van der Waals surface area contributed by atoms with Crippen LogP contribution < -0.4 is 0 Å². The molecular weight excluding hydrogens is 627 g/mol. The number of benzene rings is 4. The molecule has 0 N–H and O–H groups in total. The maximum atomic E-state index is 6.76. The summed E-state index contributed by atoms with van der Waals surface area (Å²) in [6.07, 6.45) is 0. The van der Waals surface area contributed by atoms with Gasteiger partial charge in [-0.2, -0.15) is 0 Å². The van der Waals surface area contributed by atoms with Gasteiger partial charge in [0.1, 0.15) is 0 Å². The molecule has 5 heteroatoms. The van der Waals surface area contributed by atoms with Crippen LogP contribution in [0.25, 0.3) is 22.3 Å². The smallest absolute Gasteiger partial charge is 0.517 e. The molecule has 0 bridgehead atoms. The van der Waals surface area contributed by atoms with Crippen molar-refractivity contribution < 1.29 is 18.6 Å².